The van der Waals surface area contributed by atoms with Crippen molar-refractivity contribution < 1.29 is 21.1 Å². The smallest absolute Gasteiger partial charge is 0.660 e. The minimum Gasteiger partial charge on any atom is -0.660 e. The molecule has 0 aliphatic carbocycles. The van der Waals surface area contributed by atoms with E-state index in [4.69, 9.17) is 15.0 Å². The van der Waals surface area contributed by atoms with E-state index >= 15 is 0 Å². The predicted molar refractivity (Wildman–Crippen MR) is 172 cm³/mol. The van der Waals surface area contributed by atoms with Crippen LogP contribution in [0.4, 0.5) is 0 Å². The van der Waals surface area contributed by atoms with Crippen molar-refractivity contribution in [3.63, 3.8) is 0 Å². The van der Waals surface area contributed by atoms with Crippen LogP contribution >= 0.6 is 0 Å². The second kappa shape index (κ2) is 10.8. The van der Waals surface area contributed by atoms with Gasteiger partial charge in [-0.05, 0) is 64.6 Å². The van der Waals surface area contributed by atoms with E-state index in [0.717, 1.165) is 67.1 Å². The van der Waals surface area contributed by atoms with Crippen LogP contribution in [0, 0.1) is 19.9 Å². The van der Waals surface area contributed by atoms with Gasteiger partial charge in [-0.25, -0.2) is 4.98 Å². The van der Waals surface area contributed by atoms with Gasteiger partial charge < -0.3 is 9.55 Å². The number of nitrogens with zero attached hydrogens (tertiary/aromatic N) is 4. The molecule has 43 heavy (non-hydrogen) atoms. The first kappa shape index (κ1) is 27.1. The van der Waals surface area contributed by atoms with Crippen molar-refractivity contribution in [2.75, 3.05) is 0 Å². The number of para-hydroxylation sites is 2. The van der Waals surface area contributed by atoms with E-state index in [0.29, 0.717) is 0 Å². The van der Waals surface area contributed by atoms with Crippen LogP contribution in [0.3, 0.4) is 0 Å². The van der Waals surface area contributed by atoms with E-state index in [9.17, 15) is 0 Å². The molecule has 0 unspecified atom stereocenters. The SMILES string of the molecule is Cc1[n-]c2c(-c3cc(-c4ccccc4)cc(-c4[c-]c(-n5c6ccccc6c6cccnc65)ccc4)n3)cccc2c1C.[Pt+2]. The molecular formula is C38H26N4Pt. The zero-order chi connectivity index (χ0) is 28.2. The molecule has 0 spiro atoms. The van der Waals surface area contributed by atoms with Crippen LogP contribution in [-0.2, 0) is 21.1 Å². The zero-order valence-corrected chi connectivity index (χ0v) is 25.9. The molecule has 0 amide bonds. The molecule has 5 heteroatoms. The fourth-order valence-corrected chi connectivity index (χ4v) is 6.00. The standard InChI is InChI=1S/C38H26N4.Pt/c1-24-25(2)40-37-30(24)16-9-17-33(37)35-23-28(26-11-4-3-5-12-26)22-34(41-35)27-13-8-14-29(21-27)42-36-19-7-6-15-31(36)32-18-10-20-39-38(32)42;/h3-20,22-23H,1-2H3;/q-2;+2. The van der Waals surface area contributed by atoms with Crippen molar-refractivity contribution in [2.45, 2.75) is 13.8 Å². The van der Waals surface area contributed by atoms with Gasteiger partial charge in [-0.2, -0.15) is 5.69 Å². The van der Waals surface area contributed by atoms with Gasteiger partial charge in [0, 0.05) is 17.0 Å². The molecule has 0 radical (unpaired) electrons. The van der Waals surface area contributed by atoms with Gasteiger partial charge >= 0.3 is 21.1 Å². The van der Waals surface area contributed by atoms with Crippen molar-refractivity contribution in [2.24, 2.45) is 0 Å². The Morgan fingerprint density at radius 1 is 0.674 bits per heavy atom. The van der Waals surface area contributed by atoms with Gasteiger partial charge in [-0.3, -0.25) is 4.98 Å². The summed E-state index contributed by atoms with van der Waals surface area (Å²) in [5.74, 6) is 0. The third-order valence-electron chi connectivity index (χ3n) is 8.20. The maximum Gasteiger partial charge on any atom is 2.00 e. The van der Waals surface area contributed by atoms with Crippen LogP contribution in [0.15, 0.2) is 121 Å². The summed E-state index contributed by atoms with van der Waals surface area (Å²) >= 11 is 0. The Bertz CT molecular complexity index is 2220. The molecule has 0 N–H and O–H groups in total. The van der Waals surface area contributed by atoms with Crippen LogP contribution in [0.1, 0.15) is 11.3 Å². The number of aryl methyl sites for hydroxylation is 2. The third-order valence-corrected chi connectivity index (χ3v) is 8.20. The second-order valence-corrected chi connectivity index (χ2v) is 10.7. The van der Waals surface area contributed by atoms with E-state index in [1.807, 2.05) is 18.3 Å². The minimum atomic E-state index is 0. The van der Waals surface area contributed by atoms with Gasteiger partial charge in [-0.1, -0.05) is 85.3 Å². The van der Waals surface area contributed by atoms with E-state index < -0.39 is 0 Å². The van der Waals surface area contributed by atoms with Crippen LogP contribution in [-0.4, -0.2) is 14.5 Å². The van der Waals surface area contributed by atoms with Crippen molar-refractivity contribution in [3.05, 3.63) is 139 Å². The van der Waals surface area contributed by atoms with Crippen molar-refractivity contribution >= 4 is 32.8 Å². The summed E-state index contributed by atoms with van der Waals surface area (Å²) in [6, 6.07) is 43.7. The number of pyridine rings is 2. The molecule has 4 aromatic heterocycles. The average molecular weight is 734 g/mol. The Kier molecular flexibility index (Phi) is 6.80. The van der Waals surface area contributed by atoms with Gasteiger partial charge in [-0.15, -0.1) is 35.3 Å². The van der Waals surface area contributed by atoms with Crippen LogP contribution < -0.4 is 4.98 Å². The molecule has 4 heterocycles. The molecule has 0 saturated heterocycles. The number of aromatic nitrogens is 4. The molecule has 8 aromatic rings. The predicted octanol–water partition coefficient (Wildman–Crippen LogP) is 9.10. The molecule has 0 atom stereocenters. The zero-order valence-electron chi connectivity index (χ0n) is 23.7. The van der Waals surface area contributed by atoms with Crippen LogP contribution in [0.25, 0.3) is 72.2 Å². The molecule has 0 fully saturated rings. The number of benzene rings is 4. The summed E-state index contributed by atoms with van der Waals surface area (Å²) < 4.78 is 2.19. The maximum absolute atomic E-state index is 5.24. The largest absolute Gasteiger partial charge is 2.00 e. The van der Waals surface area contributed by atoms with Crippen molar-refractivity contribution in [3.8, 4) is 39.3 Å². The topological polar surface area (TPSA) is 44.8 Å². The number of hydrogen-bond donors (Lipinski definition) is 0. The van der Waals surface area contributed by atoms with Crippen molar-refractivity contribution in [1.29, 1.82) is 0 Å². The minimum absolute atomic E-state index is 0. The van der Waals surface area contributed by atoms with E-state index in [1.165, 1.54) is 16.3 Å². The average Bonchev–Trinajstić information content (AvgIpc) is 3.54. The Hall–Kier alpha value is -4.79. The number of fused-ring (bicyclic) bond motifs is 4. The van der Waals surface area contributed by atoms with Crippen molar-refractivity contribution in [1.82, 2.24) is 19.5 Å². The molecule has 0 bridgehead atoms. The Morgan fingerprint density at radius 3 is 2.30 bits per heavy atom. The summed E-state index contributed by atoms with van der Waals surface area (Å²) in [5.41, 5.74) is 12.2. The fourth-order valence-electron chi connectivity index (χ4n) is 6.00. The normalized spacial score (nSPS) is 11.3. The molecular weight excluding hydrogens is 708 g/mol. The molecule has 4 aromatic carbocycles. The fraction of sp³-hybridized carbons (Fsp3) is 0.0526. The first-order valence-corrected chi connectivity index (χ1v) is 14.1. The second-order valence-electron chi connectivity index (χ2n) is 10.7. The van der Waals surface area contributed by atoms with Gasteiger partial charge in [0.05, 0.1) is 11.2 Å². The third kappa shape index (κ3) is 4.50. The molecule has 0 saturated carbocycles. The molecule has 0 aliphatic heterocycles. The van der Waals surface area contributed by atoms with E-state index in [-0.39, 0.29) is 21.1 Å². The van der Waals surface area contributed by atoms with Gasteiger partial charge in [0.1, 0.15) is 5.65 Å². The quantitative estimate of drug-likeness (QED) is 0.170. The summed E-state index contributed by atoms with van der Waals surface area (Å²) in [6.07, 6.45) is 1.85. The maximum atomic E-state index is 5.24. The molecule has 208 valence electrons. The molecule has 4 nitrogen and oxygen atoms in total. The van der Waals surface area contributed by atoms with Gasteiger partial charge in [0.25, 0.3) is 0 Å². The Labute approximate surface area is 264 Å². The number of rotatable bonds is 4. The van der Waals surface area contributed by atoms with Gasteiger partial charge in [0.15, 0.2) is 0 Å². The summed E-state index contributed by atoms with van der Waals surface area (Å²) in [5, 5.41) is 3.47. The van der Waals surface area contributed by atoms with Crippen LogP contribution in [0.2, 0.25) is 0 Å². The molecule has 8 rings (SSSR count). The van der Waals surface area contributed by atoms with E-state index in [1.54, 1.807) is 0 Å². The Morgan fingerprint density at radius 2 is 1.42 bits per heavy atom. The number of hydrogen-bond acceptors (Lipinski definition) is 2. The van der Waals surface area contributed by atoms with Gasteiger partial charge in [0.2, 0.25) is 0 Å². The summed E-state index contributed by atoms with van der Waals surface area (Å²) in [6.45, 7) is 4.21. The summed E-state index contributed by atoms with van der Waals surface area (Å²) in [4.78, 5) is 14.9. The first-order chi connectivity index (χ1) is 20.7. The first-order valence-electron chi connectivity index (χ1n) is 14.1. The Balaban J connectivity index is 0.00000300. The monoisotopic (exact) mass is 733 g/mol. The summed E-state index contributed by atoms with van der Waals surface area (Å²) in [7, 11) is 0. The van der Waals surface area contributed by atoms with E-state index in [2.05, 4.69) is 128 Å². The van der Waals surface area contributed by atoms with Crippen LogP contribution in [0.5, 0.6) is 0 Å². The molecule has 0 aliphatic rings.